The molecule has 2 aliphatic rings. The van der Waals surface area contributed by atoms with Crippen molar-refractivity contribution in [3.63, 3.8) is 0 Å². The van der Waals surface area contributed by atoms with E-state index in [2.05, 4.69) is 9.98 Å². The molecule has 8 heteroatoms. The smallest absolute Gasteiger partial charge is 0.206 e. The van der Waals surface area contributed by atoms with Gasteiger partial charge in [0.05, 0.1) is 0 Å². The molecule has 2 aliphatic heterocycles. The van der Waals surface area contributed by atoms with E-state index in [0.29, 0.717) is 42.4 Å². The van der Waals surface area contributed by atoms with Gasteiger partial charge >= 0.3 is 0 Å². The lowest BCUT2D eigenvalue weighted by atomic mass is 10.2. The molecule has 108 valence electrons. The zero-order valence-corrected chi connectivity index (χ0v) is 13.7. The number of hydrogen-bond donors (Lipinski definition) is 0. The molecule has 0 atom stereocenters. The zero-order chi connectivity index (χ0) is 14.8. The number of fused-ring (bicyclic) bond motifs is 4. The summed E-state index contributed by atoms with van der Waals surface area (Å²) in [5.74, 6) is 0.845. The molecule has 2 aromatic heterocycles. The van der Waals surface area contributed by atoms with Crippen molar-refractivity contribution in [3.8, 4) is 21.6 Å². The lowest BCUT2D eigenvalue weighted by Gasteiger charge is -2.17. The minimum Gasteiger partial charge on any atom is -0.440 e. The van der Waals surface area contributed by atoms with Gasteiger partial charge in [0.2, 0.25) is 10.1 Å². The van der Waals surface area contributed by atoms with E-state index in [1.807, 2.05) is 22.9 Å². The average Bonchev–Trinajstić information content (AvgIpc) is 3.17. The van der Waals surface area contributed by atoms with Crippen molar-refractivity contribution in [2.24, 2.45) is 9.98 Å². The minimum atomic E-state index is 0.356. The largest absolute Gasteiger partial charge is 0.440 e. The molecule has 5 rings (SSSR count). The first-order chi connectivity index (χ1) is 10.7. The van der Waals surface area contributed by atoms with Crippen LogP contribution < -0.4 is 20.2 Å². The van der Waals surface area contributed by atoms with Crippen molar-refractivity contribution >= 4 is 57.3 Å². The molecule has 0 unspecified atom stereocenters. The second-order valence-electron chi connectivity index (χ2n) is 4.60. The maximum absolute atomic E-state index is 6.47. The van der Waals surface area contributed by atoms with E-state index in [9.17, 15) is 0 Å². The Morgan fingerprint density at radius 3 is 1.68 bits per heavy atom. The predicted octanol–water partition coefficient (Wildman–Crippen LogP) is 5.23. The van der Waals surface area contributed by atoms with Crippen LogP contribution in [0.4, 0.5) is 11.4 Å². The van der Waals surface area contributed by atoms with Gasteiger partial charge in [-0.05, 0) is 22.9 Å². The van der Waals surface area contributed by atoms with Crippen LogP contribution in [0.5, 0.6) is 21.6 Å². The number of benzene rings is 1. The third kappa shape index (κ3) is 1.63. The summed E-state index contributed by atoms with van der Waals surface area (Å²) in [5.41, 5.74) is 1.47. The highest BCUT2D eigenvalue weighted by Crippen LogP contribution is 2.45. The van der Waals surface area contributed by atoms with Crippen molar-refractivity contribution < 1.29 is 9.47 Å². The van der Waals surface area contributed by atoms with E-state index in [1.165, 1.54) is 22.7 Å². The SMILES string of the molecule is Clc1c2c(c(Cl)c3c1=Nc1ccsc1O3)=Nc1ccsc1O2. The van der Waals surface area contributed by atoms with Crippen LogP contribution in [0.25, 0.3) is 0 Å². The first-order valence-corrected chi connectivity index (χ1v) is 8.73. The molecule has 0 aliphatic carbocycles. The molecule has 0 N–H and O–H groups in total. The lowest BCUT2D eigenvalue weighted by molar-refractivity contribution is 0.464. The second-order valence-corrected chi connectivity index (χ2v) is 7.11. The van der Waals surface area contributed by atoms with Crippen LogP contribution in [-0.2, 0) is 0 Å². The Hall–Kier alpha value is -1.60. The standard InChI is InChI=1S/C14H4Cl2N2O2S2/c15-7-9-11(19-13-5(17-9)1-3-21-13)8(16)10-12(7)20-14-6(18-10)2-4-22-14/h1-4H. The van der Waals surface area contributed by atoms with Crippen molar-refractivity contribution in [2.45, 2.75) is 0 Å². The average molecular weight is 367 g/mol. The number of rotatable bonds is 0. The quantitative estimate of drug-likeness (QED) is 0.376. The summed E-state index contributed by atoms with van der Waals surface area (Å²) < 4.78 is 11.7. The van der Waals surface area contributed by atoms with Gasteiger partial charge in [-0.15, -0.1) is 22.7 Å². The molecule has 4 heterocycles. The molecule has 0 saturated carbocycles. The molecule has 0 saturated heterocycles. The van der Waals surface area contributed by atoms with Gasteiger partial charge in [-0.2, -0.15) is 0 Å². The molecule has 1 aromatic carbocycles. The Bertz CT molecular complexity index is 985. The topological polar surface area (TPSA) is 43.2 Å². The molecule has 22 heavy (non-hydrogen) atoms. The summed E-state index contributed by atoms with van der Waals surface area (Å²) in [7, 11) is 0. The zero-order valence-electron chi connectivity index (χ0n) is 10.6. The Labute approximate surface area is 141 Å². The fraction of sp³-hybridized carbons (Fsp3) is 0. The van der Waals surface area contributed by atoms with E-state index in [1.54, 1.807) is 0 Å². The van der Waals surface area contributed by atoms with Crippen LogP contribution in [0.1, 0.15) is 0 Å². The molecule has 0 amide bonds. The van der Waals surface area contributed by atoms with Gasteiger partial charge in [0.1, 0.15) is 32.1 Å². The van der Waals surface area contributed by atoms with Gasteiger partial charge in [-0.25, -0.2) is 9.98 Å². The fourth-order valence-corrected chi connectivity index (χ4v) is 4.22. The fourth-order valence-electron chi connectivity index (χ4n) is 2.33. The first-order valence-electron chi connectivity index (χ1n) is 6.21. The van der Waals surface area contributed by atoms with Crippen LogP contribution >= 0.6 is 45.9 Å². The molecular formula is C14H4Cl2N2O2S2. The Kier molecular flexibility index (Phi) is 2.61. The monoisotopic (exact) mass is 366 g/mol. The Morgan fingerprint density at radius 2 is 1.23 bits per heavy atom. The summed E-state index contributed by atoms with van der Waals surface area (Å²) in [6, 6.07) is 3.74. The van der Waals surface area contributed by atoms with Gasteiger partial charge in [0.25, 0.3) is 0 Å². The van der Waals surface area contributed by atoms with Gasteiger partial charge in [-0.3, -0.25) is 0 Å². The van der Waals surface area contributed by atoms with Crippen LogP contribution in [-0.4, -0.2) is 0 Å². The predicted molar refractivity (Wildman–Crippen MR) is 86.9 cm³/mol. The third-order valence-electron chi connectivity index (χ3n) is 3.32. The van der Waals surface area contributed by atoms with Gasteiger partial charge < -0.3 is 9.47 Å². The molecule has 0 radical (unpaired) electrons. The van der Waals surface area contributed by atoms with Gasteiger partial charge in [-0.1, -0.05) is 23.2 Å². The summed E-state index contributed by atoms with van der Waals surface area (Å²) in [5, 5.41) is 6.86. The highest BCUT2D eigenvalue weighted by atomic mass is 35.5. The summed E-state index contributed by atoms with van der Waals surface area (Å²) >= 11 is 15.9. The van der Waals surface area contributed by atoms with E-state index in [4.69, 9.17) is 32.7 Å². The maximum Gasteiger partial charge on any atom is 0.206 e. The summed E-state index contributed by atoms with van der Waals surface area (Å²) in [6.45, 7) is 0. The molecule has 4 nitrogen and oxygen atoms in total. The van der Waals surface area contributed by atoms with Crippen molar-refractivity contribution in [1.29, 1.82) is 0 Å². The number of halogens is 2. The third-order valence-corrected chi connectivity index (χ3v) is 5.58. The highest BCUT2D eigenvalue weighted by molar-refractivity contribution is 7.12. The Balaban J connectivity index is 1.90. The van der Waals surface area contributed by atoms with Crippen LogP contribution in [0.3, 0.4) is 0 Å². The van der Waals surface area contributed by atoms with Crippen molar-refractivity contribution in [1.82, 2.24) is 0 Å². The maximum atomic E-state index is 6.47. The van der Waals surface area contributed by atoms with E-state index < -0.39 is 0 Å². The van der Waals surface area contributed by atoms with Gasteiger partial charge in [0.15, 0.2) is 11.5 Å². The number of thiophene rings is 2. The minimum absolute atomic E-state index is 0.356. The highest BCUT2D eigenvalue weighted by Gasteiger charge is 2.27. The first kappa shape index (κ1) is 12.9. The molecule has 0 fully saturated rings. The molecule has 3 aromatic rings. The van der Waals surface area contributed by atoms with Crippen LogP contribution in [0.2, 0.25) is 10.0 Å². The number of nitrogens with zero attached hydrogens (tertiary/aromatic N) is 2. The Morgan fingerprint density at radius 1 is 0.773 bits per heavy atom. The normalized spacial score (nSPS) is 13.5. The number of hydrogen-bond acceptors (Lipinski definition) is 6. The van der Waals surface area contributed by atoms with Crippen molar-refractivity contribution in [3.05, 3.63) is 43.7 Å². The lowest BCUT2D eigenvalue weighted by Crippen LogP contribution is -2.21. The number of ether oxygens (including phenoxy) is 2. The molecular weight excluding hydrogens is 363 g/mol. The molecule has 0 spiro atoms. The van der Waals surface area contributed by atoms with E-state index in [0.717, 1.165) is 11.4 Å². The van der Waals surface area contributed by atoms with Crippen molar-refractivity contribution in [2.75, 3.05) is 0 Å². The van der Waals surface area contributed by atoms with Crippen LogP contribution in [0, 0.1) is 0 Å². The summed E-state index contributed by atoms with van der Waals surface area (Å²) in [4.78, 5) is 9.06. The van der Waals surface area contributed by atoms with Crippen LogP contribution in [0.15, 0.2) is 32.9 Å². The molecule has 0 bridgehead atoms. The van der Waals surface area contributed by atoms with E-state index >= 15 is 0 Å². The second kappa shape index (κ2) is 4.45. The summed E-state index contributed by atoms with van der Waals surface area (Å²) in [6.07, 6.45) is 0. The van der Waals surface area contributed by atoms with E-state index in [-0.39, 0.29) is 0 Å². The van der Waals surface area contributed by atoms with Gasteiger partial charge in [0, 0.05) is 0 Å².